The van der Waals surface area contributed by atoms with Gasteiger partial charge in [-0.25, -0.2) is 0 Å². The molecule has 57 heavy (non-hydrogen) atoms. The summed E-state index contributed by atoms with van der Waals surface area (Å²) in [6, 6.07) is 79.4. The highest BCUT2D eigenvalue weighted by atomic mass is 32.1. The van der Waals surface area contributed by atoms with Gasteiger partial charge in [-0.2, -0.15) is 0 Å². The first-order chi connectivity index (χ1) is 28.3. The molecule has 0 spiro atoms. The average molecular weight is 745 g/mol. The lowest BCUT2D eigenvalue weighted by molar-refractivity contribution is 1.18. The van der Waals surface area contributed by atoms with E-state index in [0.29, 0.717) is 0 Å². The predicted molar refractivity (Wildman–Crippen MR) is 245 cm³/mol. The molecule has 0 atom stereocenters. The standard InChI is InChI=1S/C54H36N2S/c1-3-16-37(17-4-1)40-20-15-21-42(36-40)56(48-26-11-7-22-43(48)38-18-5-2-6-19-38)51-35-34-47-46-25-10-14-29-52(46)57-54(47)53(51)39-30-32-41(33-31-39)55-49-27-12-8-23-44(49)45-24-9-13-28-50(45)55/h1-36H. The van der Waals surface area contributed by atoms with Gasteiger partial charge in [0.15, 0.2) is 0 Å². The lowest BCUT2D eigenvalue weighted by atomic mass is 9.96. The first-order valence-electron chi connectivity index (χ1n) is 19.4. The third-order valence-corrected chi connectivity index (χ3v) is 12.4. The third-order valence-electron chi connectivity index (χ3n) is 11.2. The van der Waals surface area contributed by atoms with Crippen molar-refractivity contribution < 1.29 is 0 Å². The van der Waals surface area contributed by atoms with E-state index >= 15 is 0 Å². The van der Waals surface area contributed by atoms with Crippen molar-refractivity contribution in [2.75, 3.05) is 4.90 Å². The van der Waals surface area contributed by atoms with Crippen LogP contribution in [-0.4, -0.2) is 4.57 Å². The molecule has 0 saturated heterocycles. The van der Waals surface area contributed by atoms with Crippen molar-refractivity contribution in [3.63, 3.8) is 0 Å². The largest absolute Gasteiger partial charge is 0.309 e. The number of hydrogen-bond donors (Lipinski definition) is 0. The summed E-state index contributed by atoms with van der Waals surface area (Å²) in [5.41, 5.74) is 14.0. The molecule has 0 bridgehead atoms. The van der Waals surface area contributed by atoms with Crippen molar-refractivity contribution in [1.29, 1.82) is 0 Å². The van der Waals surface area contributed by atoms with Gasteiger partial charge in [0.2, 0.25) is 0 Å². The Morgan fingerprint density at radius 3 is 1.70 bits per heavy atom. The number of aromatic nitrogens is 1. The van der Waals surface area contributed by atoms with Gasteiger partial charge in [-0.15, -0.1) is 11.3 Å². The normalized spacial score (nSPS) is 11.5. The number of thiophene rings is 1. The first kappa shape index (κ1) is 33.2. The molecule has 0 aliphatic carbocycles. The molecule has 0 saturated carbocycles. The van der Waals surface area contributed by atoms with Crippen LogP contribution in [0.1, 0.15) is 0 Å². The zero-order valence-corrected chi connectivity index (χ0v) is 31.9. The Labute approximate surface area is 335 Å². The second kappa shape index (κ2) is 13.8. The maximum atomic E-state index is 2.48. The SMILES string of the molecule is c1ccc(-c2cccc(N(c3ccccc3-c3ccccc3)c3ccc4c(sc5ccccc54)c3-c3ccc(-n4c5ccccc5c5ccccc54)cc3)c2)cc1. The molecule has 0 aliphatic rings. The van der Waals surface area contributed by atoms with Crippen LogP contribution >= 0.6 is 11.3 Å². The zero-order chi connectivity index (χ0) is 37.7. The van der Waals surface area contributed by atoms with E-state index in [1.54, 1.807) is 0 Å². The van der Waals surface area contributed by atoms with E-state index in [1.165, 1.54) is 75.4 Å². The van der Waals surface area contributed by atoms with E-state index in [1.807, 2.05) is 11.3 Å². The van der Waals surface area contributed by atoms with Gasteiger partial charge >= 0.3 is 0 Å². The van der Waals surface area contributed by atoms with Crippen molar-refractivity contribution in [2.45, 2.75) is 0 Å². The van der Waals surface area contributed by atoms with Crippen LogP contribution in [0.2, 0.25) is 0 Å². The van der Waals surface area contributed by atoms with Crippen LogP contribution in [0, 0.1) is 0 Å². The lowest BCUT2D eigenvalue weighted by Crippen LogP contribution is -2.12. The summed E-state index contributed by atoms with van der Waals surface area (Å²) in [5, 5.41) is 5.09. The van der Waals surface area contributed by atoms with Gasteiger partial charge in [0.05, 0.1) is 22.4 Å². The van der Waals surface area contributed by atoms with Crippen LogP contribution in [0.4, 0.5) is 17.1 Å². The molecule has 9 aromatic carbocycles. The van der Waals surface area contributed by atoms with Gasteiger partial charge in [-0.05, 0) is 76.9 Å². The van der Waals surface area contributed by atoms with Gasteiger partial charge in [0, 0.05) is 53.4 Å². The quantitative estimate of drug-likeness (QED) is 0.158. The highest BCUT2D eigenvalue weighted by molar-refractivity contribution is 7.26. The molecule has 11 aromatic rings. The Balaban J connectivity index is 1.18. The molecular formula is C54H36N2S. The summed E-state index contributed by atoms with van der Waals surface area (Å²) in [5.74, 6) is 0. The van der Waals surface area contributed by atoms with Crippen molar-refractivity contribution in [3.05, 3.63) is 218 Å². The van der Waals surface area contributed by atoms with Gasteiger partial charge in [-0.3, -0.25) is 0 Å². The number of anilines is 3. The minimum Gasteiger partial charge on any atom is -0.309 e. The maximum absolute atomic E-state index is 2.48. The van der Waals surface area contributed by atoms with Crippen molar-refractivity contribution in [3.8, 4) is 39.1 Å². The highest BCUT2D eigenvalue weighted by Crippen LogP contribution is 2.50. The van der Waals surface area contributed by atoms with E-state index in [9.17, 15) is 0 Å². The van der Waals surface area contributed by atoms with Gasteiger partial charge in [-0.1, -0.05) is 164 Å². The fourth-order valence-electron chi connectivity index (χ4n) is 8.62. The number of benzene rings is 9. The van der Waals surface area contributed by atoms with Gasteiger partial charge in [0.25, 0.3) is 0 Å². The van der Waals surface area contributed by atoms with Crippen molar-refractivity contribution in [1.82, 2.24) is 4.57 Å². The summed E-state index contributed by atoms with van der Waals surface area (Å²) in [6.45, 7) is 0. The Morgan fingerprint density at radius 1 is 0.368 bits per heavy atom. The van der Waals surface area contributed by atoms with Crippen LogP contribution in [0.5, 0.6) is 0 Å². The average Bonchev–Trinajstić information content (AvgIpc) is 3.83. The van der Waals surface area contributed by atoms with E-state index in [0.717, 1.165) is 22.7 Å². The fraction of sp³-hybridized carbons (Fsp3) is 0. The Morgan fingerprint density at radius 2 is 0.965 bits per heavy atom. The summed E-state index contributed by atoms with van der Waals surface area (Å²) in [4.78, 5) is 2.48. The first-order valence-corrected chi connectivity index (χ1v) is 20.3. The van der Waals surface area contributed by atoms with E-state index in [4.69, 9.17) is 0 Å². The lowest BCUT2D eigenvalue weighted by Gasteiger charge is -2.30. The minimum atomic E-state index is 1.10. The topological polar surface area (TPSA) is 8.17 Å². The molecule has 0 radical (unpaired) electrons. The monoisotopic (exact) mass is 744 g/mol. The van der Waals surface area contributed by atoms with Crippen molar-refractivity contribution in [2.24, 2.45) is 0 Å². The molecule has 3 heteroatoms. The smallest absolute Gasteiger partial charge is 0.0554 e. The van der Waals surface area contributed by atoms with Gasteiger partial charge < -0.3 is 9.47 Å². The van der Waals surface area contributed by atoms with Crippen molar-refractivity contribution >= 4 is 70.4 Å². The molecule has 0 fully saturated rings. The predicted octanol–water partition coefficient (Wildman–Crippen LogP) is 15.6. The Bertz CT molecular complexity index is 3180. The molecule has 2 heterocycles. The summed E-state index contributed by atoms with van der Waals surface area (Å²) >= 11 is 1.88. The van der Waals surface area contributed by atoms with Gasteiger partial charge in [0.1, 0.15) is 0 Å². The molecule has 0 aliphatic heterocycles. The number of hydrogen-bond acceptors (Lipinski definition) is 2. The van der Waals surface area contributed by atoms with Crippen LogP contribution in [0.3, 0.4) is 0 Å². The number of rotatable bonds is 7. The number of nitrogens with zero attached hydrogens (tertiary/aromatic N) is 2. The second-order valence-electron chi connectivity index (χ2n) is 14.5. The molecule has 2 aromatic heterocycles. The third kappa shape index (κ3) is 5.63. The molecule has 0 N–H and O–H groups in total. The summed E-state index contributed by atoms with van der Waals surface area (Å²) in [7, 11) is 0. The van der Waals surface area contributed by atoms with Crippen LogP contribution in [0.25, 0.3) is 81.0 Å². The summed E-state index contributed by atoms with van der Waals surface area (Å²) < 4.78 is 4.96. The fourth-order valence-corrected chi connectivity index (χ4v) is 9.88. The molecule has 11 rings (SSSR count). The molecule has 2 nitrogen and oxygen atoms in total. The number of fused-ring (bicyclic) bond motifs is 6. The molecule has 0 unspecified atom stereocenters. The molecule has 268 valence electrons. The molecular weight excluding hydrogens is 709 g/mol. The zero-order valence-electron chi connectivity index (χ0n) is 31.1. The Hall–Kier alpha value is -7.20. The maximum Gasteiger partial charge on any atom is 0.0554 e. The summed E-state index contributed by atoms with van der Waals surface area (Å²) in [6.07, 6.45) is 0. The minimum absolute atomic E-state index is 1.10. The van der Waals surface area contributed by atoms with Crippen LogP contribution < -0.4 is 4.90 Å². The Kier molecular flexibility index (Phi) is 8.04. The van der Waals surface area contributed by atoms with Crippen LogP contribution in [0.15, 0.2) is 218 Å². The molecule has 0 amide bonds. The van der Waals surface area contributed by atoms with E-state index in [-0.39, 0.29) is 0 Å². The van der Waals surface area contributed by atoms with E-state index in [2.05, 4.69) is 228 Å². The van der Waals surface area contributed by atoms with E-state index < -0.39 is 0 Å². The number of para-hydroxylation sites is 3. The second-order valence-corrected chi connectivity index (χ2v) is 15.5. The highest BCUT2D eigenvalue weighted by Gasteiger charge is 2.24. The van der Waals surface area contributed by atoms with Crippen LogP contribution in [-0.2, 0) is 0 Å².